The number of thiophene rings is 1. The highest BCUT2D eigenvalue weighted by molar-refractivity contribution is 7.89. The first kappa shape index (κ1) is 27.0. The molecule has 39 heavy (non-hydrogen) atoms. The molecule has 1 aliphatic heterocycles. The van der Waals surface area contributed by atoms with Crippen molar-refractivity contribution in [1.82, 2.24) is 14.9 Å². The fourth-order valence-electron chi connectivity index (χ4n) is 4.93. The number of rotatable bonds is 7. The van der Waals surface area contributed by atoms with E-state index in [1.165, 1.54) is 11.3 Å². The lowest BCUT2D eigenvalue weighted by Crippen LogP contribution is -2.26. The Hall–Kier alpha value is -3.56. The van der Waals surface area contributed by atoms with Gasteiger partial charge in [0.1, 0.15) is 10.4 Å². The Morgan fingerprint density at radius 3 is 2.56 bits per heavy atom. The van der Waals surface area contributed by atoms with Gasteiger partial charge in [-0.05, 0) is 92.1 Å². The summed E-state index contributed by atoms with van der Waals surface area (Å²) in [5.41, 5.74) is 4.25. The molecular weight excluding hydrogens is 532 g/mol. The number of nitrogens with one attached hydrogen (secondary N) is 1. The summed E-state index contributed by atoms with van der Waals surface area (Å²) in [6.07, 6.45) is 2.92. The maximum absolute atomic E-state index is 11.5. The highest BCUT2D eigenvalue weighted by Crippen LogP contribution is 2.36. The van der Waals surface area contributed by atoms with Crippen LogP contribution < -0.4 is 15.2 Å². The van der Waals surface area contributed by atoms with E-state index in [4.69, 9.17) is 19.8 Å². The second-order valence-electron chi connectivity index (χ2n) is 9.88. The van der Waals surface area contributed by atoms with E-state index in [0.717, 1.165) is 65.8 Å². The molecule has 1 atom stereocenters. The zero-order chi connectivity index (χ0) is 27.6. The van der Waals surface area contributed by atoms with Crippen molar-refractivity contribution >= 4 is 37.5 Å². The second kappa shape index (κ2) is 11.3. The number of aryl methyl sites for hydroxylation is 2. The zero-order valence-electron chi connectivity index (χ0n) is 21.8. The van der Waals surface area contributed by atoms with Gasteiger partial charge in [-0.1, -0.05) is 12.1 Å². The van der Waals surface area contributed by atoms with Crippen LogP contribution in [0.2, 0.25) is 0 Å². The van der Waals surface area contributed by atoms with Crippen molar-refractivity contribution in [2.45, 2.75) is 50.6 Å². The number of hydrogen-bond acceptors (Lipinski definition) is 9. The number of nitrogens with two attached hydrogens (primary N) is 1. The topological polar surface area (TPSA) is 134 Å². The van der Waals surface area contributed by atoms with E-state index in [9.17, 15) is 13.7 Å². The summed E-state index contributed by atoms with van der Waals surface area (Å²) in [4.78, 5) is 12.0. The van der Waals surface area contributed by atoms with Crippen molar-refractivity contribution in [3.05, 3.63) is 70.1 Å². The van der Waals surface area contributed by atoms with E-state index in [1.807, 2.05) is 49.6 Å². The molecule has 2 aromatic heterocycles. The first-order chi connectivity index (χ1) is 18.7. The number of nitrogens with zero attached hydrogens (tertiary/aromatic N) is 4. The van der Waals surface area contributed by atoms with Crippen LogP contribution in [0.15, 0.2) is 52.7 Å². The fourth-order valence-corrected chi connectivity index (χ4v) is 6.20. The standard InChI is InChI=1S/C28H30N6O3S2/c1-18-14-21(16-29)15-19(2)25(18)37-27-26-24(10-13-38-26)32-28(33-27)31-22-4-3-11-34(12-9-22)17-20-5-7-23(8-6-20)39(30,35)36/h5-8,10,13-15,22H,3-4,9,11-12,17H2,1-2H3,(H2,30,35,36)(H,31,32,33). The highest BCUT2D eigenvalue weighted by Gasteiger charge is 2.20. The average Bonchev–Trinajstić information content (AvgIpc) is 3.27. The largest absolute Gasteiger partial charge is 0.437 e. The molecule has 0 radical (unpaired) electrons. The van der Waals surface area contributed by atoms with E-state index in [2.05, 4.69) is 16.3 Å². The molecule has 0 saturated carbocycles. The van der Waals surface area contributed by atoms with Crippen molar-refractivity contribution in [2.75, 3.05) is 18.4 Å². The number of aromatic nitrogens is 2. The van der Waals surface area contributed by atoms with Crippen molar-refractivity contribution in [3.8, 4) is 17.7 Å². The molecule has 0 bridgehead atoms. The average molecular weight is 563 g/mol. The molecule has 0 aliphatic carbocycles. The summed E-state index contributed by atoms with van der Waals surface area (Å²) in [5, 5.41) is 20.0. The van der Waals surface area contributed by atoms with Gasteiger partial charge in [-0.2, -0.15) is 10.2 Å². The smallest absolute Gasteiger partial charge is 0.242 e. The molecule has 3 N–H and O–H groups in total. The number of hydrogen-bond donors (Lipinski definition) is 2. The van der Waals surface area contributed by atoms with Crippen LogP contribution in [0.25, 0.3) is 10.2 Å². The predicted octanol–water partition coefficient (Wildman–Crippen LogP) is 5.09. The van der Waals surface area contributed by atoms with Crippen LogP contribution in [-0.4, -0.2) is 42.4 Å². The van der Waals surface area contributed by atoms with E-state index in [0.29, 0.717) is 23.1 Å². The maximum Gasteiger partial charge on any atom is 0.242 e. The molecular formula is C28H30N6O3S2. The molecule has 1 aliphatic rings. The lowest BCUT2D eigenvalue weighted by Gasteiger charge is -2.21. The van der Waals surface area contributed by atoms with Crippen molar-refractivity contribution in [3.63, 3.8) is 0 Å². The summed E-state index contributed by atoms with van der Waals surface area (Å²) in [6.45, 7) is 6.45. The Kier molecular flexibility index (Phi) is 7.81. The van der Waals surface area contributed by atoms with Crippen LogP contribution in [-0.2, 0) is 16.6 Å². The summed E-state index contributed by atoms with van der Waals surface area (Å²) < 4.78 is 30.3. The predicted molar refractivity (Wildman–Crippen MR) is 152 cm³/mol. The number of likely N-dealkylation sites (tertiary alicyclic amines) is 1. The number of primary sulfonamides is 1. The van der Waals surface area contributed by atoms with Gasteiger partial charge in [0, 0.05) is 19.1 Å². The van der Waals surface area contributed by atoms with Gasteiger partial charge >= 0.3 is 0 Å². The fraction of sp³-hybridized carbons (Fsp3) is 0.321. The molecule has 1 fully saturated rings. The summed E-state index contributed by atoms with van der Waals surface area (Å²) >= 11 is 1.54. The quantitative estimate of drug-likeness (QED) is 0.318. The lowest BCUT2D eigenvalue weighted by molar-refractivity contribution is 0.276. The van der Waals surface area contributed by atoms with Gasteiger partial charge in [0.05, 0.1) is 22.0 Å². The third kappa shape index (κ3) is 6.37. The summed E-state index contributed by atoms with van der Waals surface area (Å²) in [6, 6.07) is 14.8. The van der Waals surface area contributed by atoms with Gasteiger partial charge in [-0.3, -0.25) is 4.90 Å². The first-order valence-electron chi connectivity index (χ1n) is 12.7. The van der Waals surface area contributed by atoms with E-state index in [-0.39, 0.29) is 10.9 Å². The normalized spacial score (nSPS) is 16.5. The minimum Gasteiger partial charge on any atom is -0.437 e. The highest BCUT2D eigenvalue weighted by atomic mass is 32.2. The molecule has 202 valence electrons. The van der Waals surface area contributed by atoms with Crippen molar-refractivity contribution in [1.29, 1.82) is 5.26 Å². The van der Waals surface area contributed by atoms with Gasteiger partial charge in [0.15, 0.2) is 0 Å². The molecule has 11 heteroatoms. The Bertz CT molecular complexity index is 1620. The Morgan fingerprint density at radius 1 is 1.13 bits per heavy atom. The van der Waals surface area contributed by atoms with Crippen molar-refractivity contribution in [2.24, 2.45) is 5.14 Å². The van der Waals surface area contributed by atoms with Gasteiger partial charge in [0.2, 0.25) is 21.9 Å². The lowest BCUT2D eigenvalue weighted by atomic mass is 10.1. The maximum atomic E-state index is 11.5. The SMILES string of the molecule is Cc1cc(C#N)cc(C)c1Oc1nc(NC2CCCN(Cc3ccc(S(N)(=O)=O)cc3)CC2)nc2ccsc12. The molecule has 5 rings (SSSR count). The minimum absolute atomic E-state index is 0.127. The Labute approximate surface area is 232 Å². The van der Waals surface area contributed by atoms with Crippen LogP contribution >= 0.6 is 11.3 Å². The third-order valence-electron chi connectivity index (χ3n) is 6.87. The molecule has 1 saturated heterocycles. The van der Waals surface area contributed by atoms with Crippen LogP contribution in [0.1, 0.15) is 41.5 Å². The van der Waals surface area contributed by atoms with Crippen LogP contribution in [0.3, 0.4) is 0 Å². The molecule has 0 amide bonds. The number of anilines is 1. The second-order valence-corrected chi connectivity index (χ2v) is 12.4. The van der Waals surface area contributed by atoms with Crippen LogP contribution in [0, 0.1) is 25.2 Å². The molecule has 4 aromatic rings. The van der Waals surface area contributed by atoms with Crippen LogP contribution in [0.5, 0.6) is 11.6 Å². The third-order valence-corrected chi connectivity index (χ3v) is 8.69. The number of fused-ring (bicyclic) bond motifs is 1. The summed E-state index contributed by atoms with van der Waals surface area (Å²) in [7, 11) is -3.69. The van der Waals surface area contributed by atoms with Gasteiger partial charge in [-0.15, -0.1) is 11.3 Å². The molecule has 0 spiro atoms. The van der Waals surface area contributed by atoms with Gasteiger partial charge in [0.25, 0.3) is 0 Å². The van der Waals surface area contributed by atoms with Crippen LogP contribution in [0.4, 0.5) is 5.95 Å². The van der Waals surface area contributed by atoms with Gasteiger partial charge < -0.3 is 10.1 Å². The first-order valence-corrected chi connectivity index (χ1v) is 15.2. The Morgan fingerprint density at radius 2 is 1.87 bits per heavy atom. The number of sulfonamides is 1. The monoisotopic (exact) mass is 562 g/mol. The number of benzene rings is 2. The minimum atomic E-state index is -3.69. The van der Waals surface area contributed by atoms with Gasteiger partial charge in [-0.25, -0.2) is 18.5 Å². The Balaban J connectivity index is 1.28. The molecule has 3 heterocycles. The van der Waals surface area contributed by atoms with E-state index < -0.39 is 10.0 Å². The molecule has 2 aromatic carbocycles. The molecule has 1 unspecified atom stereocenters. The number of nitriles is 1. The number of ether oxygens (including phenoxy) is 1. The van der Waals surface area contributed by atoms with E-state index >= 15 is 0 Å². The molecule has 9 nitrogen and oxygen atoms in total. The van der Waals surface area contributed by atoms with Crippen molar-refractivity contribution < 1.29 is 13.2 Å². The zero-order valence-corrected chi connectivity index (χ0v) is 23.5. The summed E-state index contributed by atoms with van der Waals surface area (Å²) in [5.74, 6) is 1.75. The van der Waals surface area contributed by atoms with E-state index in [1.54, 1.807) is 12.1 Å².